The average Bonchev–Trinajstić information content (AvgIpc) is 2.66. The first kappa shape index (κ1) is 17.7. The van der Waals surface area contributed by atoms with Gasteiger partial charge in [-0.25, -0.2) is 17.2 Å². The van der Waals surface area contributed by atoms with Crippen LogP contribution in [0.25, 0.3) is 0 Å². The third-order valence-electron chi connectivity index (χ3n) is 3.51. The number of hydrogen-bond acceptors (Lipinski definition) is 4. The number of anilines is 2. The third kappa shape index (κ3) is 3.93. The van der Waals surface area contributed by atoms with E-state index in [0.29, 0.717) is 12.1 Å². The van der Waals surface area contributed by atoms with Gasteiger partial charge in [0, 0.05) is 22.6 Å². The van der Waals surface area contributed by atoms with E-state index in [9.17, 15) is 22.0 Å². The maximum atomic E-state index is 13.2. The molecule has 3 rings (SSSR count). The topological polar surface area (TPSA) is 75.3 Å². The van der Waals surface area contributed by atoms with Crippen molar-refractivity contribution in [3.63, 3.8) is 0 Å². The molecule has 2 N–H and O–H groups in total. The Morgan fingerprint density at radius 1 is 1.16 bits per heavy atom. The van der Waals surface area contributed by atoms with Gasteiger partial charge in [-0.2, -0.15) is 0 Å². The molecule has 0 aliphatic carbocycles. The van der Waals surface area contributed by atoms with Crippen LogP contribution in [0.1, 0.15) is 13.3 Å². The van der Waals surface area contributed by atoms with Gasteiger partial charge in [-0.15, -0.1) is 11.8 Å². The number of fused-ring (bicyclic) bond motifs is 1. The molecule has 0 radical (unpaired) electrons. The summed E-state index contributed by atoms with van der Waals surface area (Å²) < 4.78 is 53.3. The van der Waals surface area contributed by atoms with Crippen LogP contribution in [0.5, 0.6) is 0 Å². The molecule has 2 aromatic carbocycles. The molecule has 0 bridgehead atoms. The molecule has 0 fully saturated rings. The van der Waals surface area contributed by atoms with Gasteiger partial charge in [0.15, 0.2) is 11.6 Å². The van der Waals surface area contributed by atoms with Crippen molar-refractivity contribution in [2.75, 3.05) is 10.0 Å². The SMILES string of the molecule is C[C@@H]1CC(=O)Nc2cc(S(=O)(=O)Nc3ccc(F)c(F)c3)ccc2S1. The summed E-state index contributed by atoms with van der Waals surface area (Å²) in [5, 5.41) is 2.76. The molecule has 132 valence electrons. The van der Waals surface area contributed by atoms with Gasteiger partial charge in [-0.3, -0.25) is 9.52 Å². The van der Waals surface area contributed by atoms with Crippen LogP contribution in [0.2, 0.25) is 0 Å². The quantitative estimate of drug-likeness (QED) is 0.848. The molecule has 1 heterocycles. The summed E-state index contributed by atoms with van der Waals surface area (Å²) in [5.74, 6) is -2.41. The molecule has 0 spiro atoms. The van der Waals surface area contributed by atoms with Crippen LogP contribution in [0.4, 0.5) is 20.2 Å². The van der Waals surface area contributed by atoms with Crippen LogP contribution >= 0.6 is 11.8 Å². The Balaban J connectivity index is 1.92. The highest BCUT2D eigenvalue weighted by molar-refractivity contribution is 8.00. The van der Waals surface area contributed by atoms with E-state index in [1.165, 1.54) is 23.9 Å². The Kier molecular flexibility index (Phi) is 4.70. The number of thioether (sulfide) groups is 1. The van der Waals surface area contributed by atoms with Crippen molar-refractivity contribution in [2.24, 2.45) is 0 Å². The number of halogens is 2. The Hall–Kier alpha value is -2.13. The number of nitrogens with one attached hydrogen (secondary N) is 2. The summed E-state index contributed by atoms with van der Waals surface area (Å²) in [5.41, 5.74) is 0.313. The van der Waals surface area contributed by atoms with E-state index in [1.807, 2.05) is 6.92 Å². The van der Waals surface area contributed by atoms with E-state index < -0.39 is 21.7 Å². The average molecular weight is 384 g/mol. The van der Waals surface area contributed by atoms with Crippen LogP contribution in [0.3, 0.4) is 0 Å². The summed E-state index contributed by atoms with van der Waals surface area (Å²) in [6.07, 6.45) is 0.328. The molecule has 5 nitrogen and oxygen atoms in total. The van der Waals surface area contributed by atoms with Crippen molar-refractivity contribution in [3.05, 3.63) is 48.0 Å². The largest absolute Gasteiger partial charge is 0.325 e. The third-order valence-corrected chi connectivity index (χ3v) is 6.07. The molecule has 1 atom stereocenters. The van der Waals surface area contributed by atoms with Crippen molar-refractivity contribution in [3.8, 4) is 0 Å². The van der Waals surface area contributed by atoms with E-state index in [-0.39, 0.29) is 21.7 Å². The number of sulfonamides is 1. The van der Waals surface area contributed by atoms with Crippen molar-refractivity contribution in [2.45, 2.75) is 28.4 Å². The van der Waals surface area contributed by atoms with Gasteiger partial charge in [0.05, 0.1) is 16.3 Å². The summed E-state index contributed by atoms with van der Waals surface area (Å²) in [4.78, 5) is 12.5. The number of carbonyl (C=O) groups excluding carboxylic acids is 1. The monoisotopic (exact) mass is 384 g/mol. The molecular weight excluding hydrogens is 370 g/mol. The molecule has 1 aliphatic heterocycles. The van der Waals surface area contributed by atoms with Gasteiger partial charge in [-0.05, 0) is 30.3 Å². The molecule has 1 aliphatic rings. The minimum atomic E-state index is -4.02. The van der Waals surface area contributed by atoms with Gasteiger partial charge >= 0.3 is 0 Å². The number of amides is 1. The van der Waals surface area contributed by atoms with E-state index in [0.717, 1.165) is 23.1 Å². The minimum Gasteiger partial charge on any atom is -0.325 e. The van der Waals surface area contributed by atoms with Crippen LogP contribution in [0.15, 0.2) is 46.2 Å². The van der Waals surface area contributed by atoms with Gasteiger partial charge < -0.3 is 5.32 Å². The Labute approximate surface area is 147 Å². The Morgan fingerprint density at radius 2 is 1.92 bits per heavy atom. The van der Waals surface area contributed by atoms with E-state index in [1.54, 1.807) is 6.07 Å². The molecule has 0 unspecified atom stereocenters. The normalized spacial score (nSPS) is 17.4. The van der Waals surface area contributed by atoms with Crippen molar-refractivity contribution in [1.82, 2.24) is 0 Å². The number of benzene rings is 2. The minimum absolute atomic E-state index is 0.0732. The van der Waals surface area contributed by atoms with E-state index in [4.69, 9.17) is 0 Å². The standard InChI is InChI=1S/C16H14F2N2O3S2/c1-9-6-16(21)19-14-8-11(3-5-15(14)24-9)25(22,23)20-10-2-4-12(17)13(18)7-10/h2-5,7-9,20H,6H2,1H3,(H,19,21)/t9-/m1/s1. The maximum Gasteiger partial charge on any atom is 0.261 e. The molecule has 2 aromatic rings. The van der Waals surface area contributed by atoms with E-state index in [2.05, 4.69) is 10.0 Å². The lowest BCUT2D eigenvalue weighted by molar-refractivity contribution is -0.116. The van der Waals surface area contributed by atoms with Gasteiger partial charge in [-0.1, -0.05) is 6.92 Å². The highest BCUT2D eigenvalue weighted by Crippen LogP contribution is 2.36. The summed E-state index contributed by atoms with van der Waals surface area (Å²) >= 11 is 1.47. The maximum absolute atomic E-state index is 13.2. The Morgan fingerprint density at radius 3 is 2.64 bits per heavy atom. The lowest BCUT2D eigenvalue weighted by Gasteiger charge is -2.12. The zero-order chi connectivity index (χ0) is 18.2. The van der Waals surface area contributed by atoms with Crippen LogP contribution in [0, 0.1) is 11.6 Å². The number of rotatable bonds is 3. The first-order valence-corrected chi connectivity index (χ1v) is 9.69. The molecule has 0 saturated carbocycles. The van der Waals surface area contributed by atoms with Crippen LogP contribution < -0.4 is 10.0 Å². The zero-order valence-electron chi connectivity index (χ0n) is 13.0. The lowest BCUT2D eigenvalue weighted by atomic mass is 10.3. The first-order valence-electron chi connectivity index (χ1n) is 7.33. The molecule has 25 heavy (non-hydrogen) atoms. The zero-order valence-corrected chi connectivity index (χ0v) is 14.7. The summed E-state index contributed by atoms with van der Waals surface area (Å²) in [6.45, 7) is 1.91. The van der Waals surface area contributed by atoms with Gasteiger partial charge in [0.25, 0.3) is 10.0 Å². The fraction of sp³-hybridized carbons (Fsp3) is 0.188. The van der Waals surface area contributed by atoms with Crippen LogP contribution in [-0.2, 0) is 14.8 Å². The molecule has 1 amide bonds. The second kappa shape index (κ2) is 6.64. The van der Waals surface area contributed by atoms with Gasteiger partial charge in [0.1, 0.15) is 0 Å². The molecule has 0 saturated heterocycles. The smallest absolute Gasteiger partial charge is 0.261 e. The molecular formula is C16H14F2N2O3S2. The predicted molar refractivity (Wildman–Crippen MR) is 92.2 cm³/mol. The number of carbonyl (C=O) groups is 1. The summed E-state index contributed by atoms with van der Waals surface area (Å²) in [6, 6.07) is 7.08. The summed E-state index contributed by atoms with van der Waals surface area (Å²) in [7, 11) is -4.02. The second-order valence-electron chi connectivity index (χ2n) is 5.57. The van der Waals surface area contributed by atoms with Crippen molar-refractivity contribution < 1.29 is 22.0 Å². The fourth-order valence-corrected chi connectivity index (χ4v) is 4.50. The number of hydrogen-bond donors (Lipinski definition) is 2. The van der Waals surface area contributed by atoms with Crippen LogP contribution in [-0.4, -0.2) is 19.6 Å². The van der Waals surface area contributed by atoms with E-state index >= 15 is 0 Å². The molecule has 9 heteroatoms. The highest BCUT2D eigenvalue weighted by atomic mass is 32.2. The fourth-order valence-electron chi connectivity index (χ4n) is 2.37. The molecule has 0 aromatic heterocycles. The first-order chi connectivity index (χ1) is 11.7. The predicted octanol–water partition coefficient (Wildman–Crippen LogP) is 3.59. The van der Waals surface area contributed by atoms with Crippen molar-refractivity contribution >= 4 is 39.1 Å². The highest BCUT2D eigenvalue weighted by Gasteiger charge is 2.22. The lowest BCUT2D eigenvalue weighted by Crippen LogP contribution is -2.15. The Bertz CT molecular complexity index is 948. The van der Waals surface area contributed by atoms with Gasteiger partial charge in [0.2, 0.25) is 5.91 Å². The second-order valence-corrected chi connectivity index (χ2v) is 8.74. The van der Waals surface area contributed by atoms with Crippen molar-refractivity contribution in [1.29, 1.82) is 0 Å².